The zero-order chi connectivity index (χ0) is 11.8. The number of benzene rings is 1. The molecule has 1 unspecified atom stereocenters. The predicted octanol–water partition coefficient (Wildman–Crippen LogP) is 2.33. The highest BCUT2D eigenvalue weighted by Gasteiger charge is 2.23. The van der Waals surface area contributed by atoms with Gasteiger partial charge in [0.25, 0.3) is 0 Å². The van der Waals surface area contributed by atoms with E-state index in [1.54, 1.807) is 18.3 Å². The first-order chi connectivity index (χ1) is 8.22. The van der Waals surface area contributed by atoms with Crippen LogP contribution in [0.15, 0.2) is 30.6 Å². The fourth-order valence-corrected chi connectivity index (χ4v) is 2.21. The smallest absolute Gasteiger partial charge is 0.123 e. The Morgan fingerprint density at radius 3 is 3.18 bits per heavy atom. The molecule has 3 rings (SSSR count). The predicted molar refractivity (Wildman–Crippen MR) is 61.5 cm³/mol. The van der Waals surface area contributed by atoms with Crippen LogP contribution in [-0.4, -0.2) is 15.7 Å². The largest absolute Gasteiger partial charge is 0.488 e. The molecule has 0 N–H and O–H groups in total. The van der Waals surface area contributed by atoms with Gasteiger partial charge in [-0.1, -0.05) is 0 Å². The molecule has 2 aromatic rings. The Morgan fingerprint density at radius 1 is 1.53 bits per heavy atom. The Labute approximate surface area is 98.9 Å². The quantitative estimate of drug-likeness (QED) is 0.794. The van der Waals surface area contributed by atoms with Crippen LogP contribution >= 0.6 is 0 Å². The number of halogens is 1. The number of hydrogen-bond acceptors (Lipinski definition) is 2. The van der Waals surface area contributed by atoms with Crippen LogP contribution in [-0.2, 0) is 13.0 Å². The van der Waals surface area contributed by atoms with Crippen LogP contribution in [0.2, 0.25) is 0 Å². The van der Waals surface area contributed by atoms with Crippen LogP contribution in [0, 0.1) is 12.7 Å². The normalized spacial score (nSPS) is 17.9. The molecule has 2 heterocycles. The summed E-state index contributed by atoms with van der Waals surface area (Å²) < 4.78 is 20.9. The minimum atomic E-state index is -0.202. The van der Waals surface area contributed by atoms with E-state index in [1.165, 1.54) is 6.07 Å². The standard InChI is InChI=1S/C13H13FN2O/c1-9-15-4-5-16(9)8-12-7-10-6-11(14)2-3-13(10)17-12/h2-6,12H,7-8H2,1H3. The molecule has 0 bridgehead atoms. The molecule has 1 aromatic heterocycles. The van der Waals surface area contributed by atoms with Gasteiger partial charge in [-0.3, -0.25) is 0 Å². The molecule has 1 aliphatic heterocycles. The molecule has 0 saturated heterocycles. The molecule has 1 aromatic carbocycles. The molecule has 1 aliphatic rings. The van der Waals surface area contributed by atoms with Crippen LogP contribution in [0.4, 0.5) is 4.39 Å². The highest BCUT2D eigenvalue weighted by molar-refractivity contribution is 5.37. The van der Waals surface area contributed by atoms with Crippen molar-refractivity contribution in [2.45, 2.75) is 26.0 Å². The summed E-state index contributed by atoms with van der Waals surface area (Å²) in [6, 6.07) is 4.69. The van der Waals surface area contributed by atoms with Crippen molar-refractivity contribution in [3.63, 3.8) is 0 Å². The van der Waals surface area contributed by atoms with Crippen molar-refractivity contribution in [3.8, 4) is 5.75 Å². The summed E-state index contributed by atoms with van der Waals surface area (Å²) in [6.07, 6.45) is 4.53. The Morgan fingerprint density at radius 2 is 2.41 bits per heavy atom. The van der Waals surface area contributed by atoms with Crippen LogP contribution in [0.3, 0.4) is 0 Å². The van der Waals surface area contributed by atoms with Gasteiger partial charge in [-0.15, -0.1) is 0 Å². The summed E-state index contributed by atoms with van der Waals surface area (Å²) in [5.74, 6) is 1.57. The number of aryl methyl sites for hydroxylation is 1. The fraction of sp³-hybridized carbons (Fsp3) is 0.308. The highest BCUT2D eigenvalue weighted by Crippen LogP contribution is 2.29. The van der Waals surface area contributed by atoms with E-state index in [2.05, 4.69) is 4.98 Å². The van der Waals surface area contributed by atoms with Gasteiger partial charge in [0.2, 0.25) is 0 Å². The molecule has 3 nitrogen and oxygen atoms in total. The third kappa shape index (κ3) is 1.90. The second-order valence-corrected chi connectivity index (χ2v) is 4.32. The number of aromatic nitrogens is 2. The molecule has 88 valence electrons. The third-order valence-electron chi connectivity index (χ3n) is 3.09. The summed E-state index contributed by atoms with van der Waals surface area (Å²) in [5.41, 5.74) is 0.952. The maximum Gasteiger partial charge on any atom is 0.123 e. The van der Waals surface area contributed by atoms with Gasteiger partial charge < -0.3 is 9.30 Å². The maximum absolute atomic E-state index is 13.1. The fourth-order valence-electron chi connectivity index (χ4n) is 2.21. The van der Waals surface area contributed by atoms with Crippen LogP contribution < -0.4 is 4.74 Å². The zero-order valence-electron chi connectivity index (χ0n) is 9.56. The first-order valence-corrected chi connectivity index (χ1v) is 5.65. The van der Waals surface area contributed by atoms with E-state index < -0.39 is 0 Å². The maximum atomic E-state index is 13.1. The van der Waals surface area contributed by atoms with Gasteiger partial charge in [0.1, 0.15) is 23.5 Å². The topological polar surface area (TPSA) is 27.1 Å². The summed E-state index contributed by atoms with van der Waals surface area (Å²) in [5, 5.41) is 0. The third-order valence-corrected chi connectivity index (χ3v) is 3.09. The lowest BCUT2D eigenvalue weighted by Gasteiger charge is -2.12. The van der Waals surface area contributed by atoms with Gasteiger partial charge in [-0.25, -0.2) is 9.37 Å². The molecule has 0 amide bonds. The van der Waals surface area contributed by atoms with E-state index in [9.17, 15) is 4.39 Å². The van der Waals surface area contributed by atoms with Crippen LogP contribution in [0.1, 0.15) is 11.4 Å². The van der Waals surface area contributed by atoms with Gasteiger partial charge in [-0.2, -0.15) is 0 Å². The molecule has 0 radical (unpaired) electrons. The number of rotatable bonds is 2. The van der Waals surface area contributed by atoms with Crippen molar-refractivity contribution < 1.29 is 9.13 Å². The SMILES string of the molecule is Cc1nccn1CC1Cc2cc(F)ccc2O1. The highest BCUT2D eigenvalue weighted by atomic mass is 19.1. The van der Waals surface area contributed by atoms with Gasteiger partial charge in [0, 0.05) is 24.4 Å². The van der Waals surface area contributed by atoms with E-state index in [0.717, 1.165) is 30.1 Å². The number of ether oxygens (including phenoxy) is 1. The molecule has 1 atom stereocenters. The molecule has 4 heteroatoms. The summed E-state index contributed by atoms with van der Waals surface area (Å²) in [6.45, 7) is 2.71. The van der Waals surface area contributed by atoms with Gasteiger partial charge in [0.05, 0.1) is 6.54 Å². The Hall–Kier alpha value is -1.84. The summed E-state index contributed by atoms with van der Waals surface area (Å²) >= 11 is 0. The van der Waals surface area contributed by atoms with Crippen LogP contribution in [0.25, 0.3) is 0 Å². The molecule has 0 spiro atoms. The lowest BCUT2D eigenvalue weighted by Crippen LogP contribution is -2.21. The van der Waals surface area contributed by atoms with Crippen molar-refractivity contribution in [2.75, 3.05) is 0 Å². The van der Waals surface area contributed by atoms with Crippen molar-refractivity contribution in [1.82, 2.24) is 9.55 Å². The van der Waals surface area contributed by atoms with Crippen molar-refractivity contribution in [1.29, 1.82) is 0 Å². The average molecular weight is 232 g/mol. The van der Waals surface area contributed by atoms with Crippen molar-refractivity contribution in [3.05, 3.63) is 47.8 Å². The van der Waals surface area contributed by atoms with E-state index in [4.69, 9.17) is 4.74 Å². The number of nitrogens with zero attached hydrogens (tertiary/aromatic N) is 2. The Kier molecular flexibility index (Phi) is 2.35. The van der Waals surface area contributed by atoms with Crippen molar-refractivity contribution >= 4 is 0 Å². The number of hydrogen-bond donors (Lipinski definition) is 0. The second kappa shape index (κ2) is 3.87. The van der Waals surface area contributed by atoms with E-state index in [1.807, 2.05) is 17.7 Å². The number of fused-ring (bicyclic) bond motifs is 1. The minimum absolute atomic E-state index is 0.0692. The number of imidazole rings is 1. The Bertz CT molecular complexity index is 550. The first-order valence-electron chi connectivity index (χ1n) is 5.65. The van der Waals surface area contributed by atoms with Gasteiger partial charge >= 0.3 is 0 Å². The molecule has 0 aliphatic carbocycles. The van der Waals surface area contributed by atoms with E-state index >= 15 is 0 Å². The first kappa shape index (κ1) is 10.3. The van der Waals surface area contributed by atoms with Crippen molar-refractivity contribution in [2.24, 2.45) is 0 Å². The Balaban J connectivity index is 1.76. The van der Waals surface area contributed by atoms with Crippen LogP contribution in [0.5, 0.6) is 5.75 Å². The minimum Gasteiger partial charge on any atom is -0.488 e. The zero-order valence-corrected chi connectivity index (χ0v) is 9.56. The second-order valence-electron chi connectivity index (χ2n) is 4.32. The van der Waals surface area contributed by atoms with E-state index in [0.29, 0.717) is 0 Å². The molecular weight excluding hydrogens is 219 g/mol. The van der Waals surface area contributed by atoms with E-state index in [-0.39, 0.29) is 11.9 Å². The summed E-state index contributed by atoms with van der Waals surface area (Å²) in [4.78, 5) is 4.17. The molecular formula is C13H13FN2O. The average Bonchev–Trinajstić information content (AvgIpc) is 2.85. The van der Waals surface area contributed by atoms with Gasteiger partial charge in [-0.05, 0) is 25.1 Å². The molecule has 0 saturated carbocycles. The monoisotopic (exact) mass is 232 g/mol. The lowest BCUT2D eigenvalue weighted by atomic mass is 10.1. The summed E-state index contributed by atoms with van der Waals surface area (Å²) in [7, 11) is 0. The molecule has 17 heavy (non-hydrogen) atoms. The molecule has 0 fully saturated rings. The lowest BCUT2D eigenvalue weighted by molar-refractivity contribution is 0.208. The van der Waals surface area contributed by atoms with Gasteiger partial charge in [0.15, 0.2) is 0 Å².